The summed E-state index contributed by atoms with van der Waals surface area (Å²) in [6.45, 7) is 0.674. The van der Waals surface area contributed by atoms with Crippen LogP contribution in [0.4, 0.5) is 9.93 Å². The largest absolute Gasteiger partial charge is 0.497 e. The third-order valence-electron chi connectivity index (χ3n) is 4.80. The Hall–Kier alpha value is -3.00. The molecule has 7 nitrogen and oxygen atoms in total. The molecule has 1 atom stereocenters. The van der Waals surface area contributed by atoms with Crippen molar-refractivity contribution >= 4 is 22.5 Å². The number of anilines is 1. The minimum atomic E-state index is -0.173. The summed E-state index contributed by atoms with van der Waals surface area (Å²) in [6, 6.07) is 9.07. The maximum atomic E-state index is 12.9. The topological polar surface area (TPSA) is 76.8 Å². The van der Waals surface area contributed by atoms with Gasteiger partial charge in [-0.15, -0.1) is 11.3 Å². The molecule has 0 aliphatic carbocycles. The lowest BCUT2D eigenvalue weighted by atomic mass is 10.0. The van der Waals surface area contributed by atoms with Crippen molar-refractivity contribution in [3.05, 3.63) is 47.5 Å². The van der Waals surface area contributed by atoms with Gasteiger partial charge in [-0.25, -0.2) is 9.78 Å². The van der Waals surface area contributed by atoms with Crippen LogP contribution >= 0.6 is 11.3 Å². The van der Waals surface area contributed by atoms with Crippen LogP contribution in [0.25, 0.3) is 11.5 Å². The molecule has 1 N–H and O–H groups in total. The minimum Gasteiger partial charge on any atom is -0.497 e. The quantitative estimate of drug-likeness (QED) is 0.667. The van der Waals surface area contributed by atoms with Crippen molar-refractivity contribution in [2.75, 3.05) is 26.1 Å². The van der Waals surface area contributed by atoms with E-state index in [2.05, 4.69) is 10.3 Å². The van der Waals surface area contributed by atoms with Crippen molar-refractivity contribution in [1.29, 1.82) is 0 Å². The molecule has 3 aromatic rings. The number of urea groups is 1. The van der Waals surface area contributed by atoms with Crippen LogP contribution in [0, 0.1) is 0 Å². The smallest absolute Gasteiger partial charge is 0.324 e. The summed E-state index contributed by atoms with van der Waals surface area (Å²) in [4.78, 5) is 19.2. The van der Waals surface area contributed by atoms with E-state index in [0.29, 0.717) is 23.1 Å². The van der Waals surface area contributed by atoms with E-state index >= 15 is 0 Å². The Morgan fingerprint density at radius 2 is 2.21 bits per heavy atom. The number of benzene rings is 1. The highest BCUT2D eigenvalue weighted by molar-refractivity contribution is 7.14. The lowest BCUT2D eigenvalue weighted by Crippen LogP contribution is -2.34. The van der Waals surface area contributed by atoms with E-state index in [1.54, 1.807) is 20.5 Å². The van der Waals surface area contributed by atoms with Crippen LogP contribution in [-0.4, -0.2) is 36.7 Å². The fourth-order valence-electron chi connectivity index (χ4n) is 3.46. The van der Waals surface area contributed by atoms with Crippen LogP contribution in [0.3, 0.4) is 0 Å². The monoisotopic (exact) mass is 399 g/mol. The first-order valence-corrected chi connectivity index (χ1v) is 9.86. The predicted octanol–water partition coefficient (Wildman–Crippen LogP) is 4.79. The van der Waals surface area contributed by atoms with Crippen molar-refractivity contribution in [3.63, 3.8) is 0 Å². The van der Waals surface area contributed by atoms with E-state index in [0.717, 1.165) is 29.9 Å². The highest BCUT2D eigenvalue weighted by Crippen LogP contribution is 2.39. The van der Waals surface area contributed by atoms with E-state index in [-0.39, 0.29) is 12.1 Å². The number of thiazole rings is 1. The molecule has 3 heterocycles. The highest BCUT2D eigenvalue weighted by Gasteiger charge is 2.32. The van der Waals surface area contributed by atoms with E-state index in [9.17, 15) is 4.79 Å². The van der Waals surface area contributed by atoms with Crippen molar-refractivity contribution in [3.8, 4) is 23.0 Å². The minimum absolute atomic E-state index is 0.0745. The van der Waals surface area contributed by atoms with Gasteiger partial charge >= 0.3 is 6.03 Å². The Morgan fingerprint density at radius 3 is 2.96 bits per heavy atom. The van der Waals surface area contributed by atoms with Crippen molar-refractivity contribution in [2.24, 2.45) is 0 Å². The first kappa shape index (κ1) is 18.4. The molecule has 2 amide bonds. The van der Waals surface area contributed by atoms with Crippen molar-refractivity contribution in [1.82, 2.24) is 9.88 Å². The Labute approximate surface area is 166 Å². The maximum absolute atomic E-state index is 12.9. The van der Waals surface area contributed by atoms with Crippen LogP contribution in [-0.2, 0) is 0 Å². The molecule has 4 rings (SSSR count). The van der Waals surface area contributed by atoms with Crippen LogP contribution in [0.1, 0.15) is 24.4 Å². The van der Waals surface area contributed by atoms with Crippen molar-refractivity contribution < 1.29 is 18.7 Å². The number of rotatable bonds is 5. The number of ether oxygens (including phenoxy) is 2. The van der Waals surface area contributed by atoms with Gasteiger partial charge in [0, 0.05) is 17.5 Å². The first-order valence-electron chi connectivity index (χ1n) is 8.98. The molecule has 1 aliphatic heterocycles. The normalized spacial score (nSPS) is 16.2. The number of carbonyl (C=O) groups excluding carboxylic acids is 1. The number of methoxy groups -OCH3 is 2. The van der Waals surface area contributed by atoms with Crippen LogP contribution in [0.15, 0.2) is 46.4 Å². The first-order chi connectivity index (χ1) is 13.7. The van der Waals surface area contributed by atoms with Crippen molar-refractivity contribution in [2.45, 2.75) is 18.9 Å². The van der Waals surface area contributed by atoms with Gasteiger partial charge in [-0.3, -0.25) is 5.32 Å². The average Bonchev–Trinajstić information content (AvgIpc) is 3.48. The summed E-state index contributed by atoms with van der Waals surface area (Å²) >= 11 is 1.37. The fourth-order valence-corrected chi connectivity index (χ4v) is 4.15. The summed E-state index contributed by atoms with van der Waals surface area (Å²) in [6.07, 6.45) is 3.39. The molecule has 1 unspecified atom stereocenters. The second-order valence-electron chi connectivity index (χ2n) is 6.40. The second-order valence-corrected chi connectivity index (χ2v) is 7.26. The number of furan rings is 1. The van der Waals surface area contributed by atoms with Gasteiger partial charge in [0.1, 0.15) is 17.2 Å². The molecule has 1 fully saturated rings. The van der Waals surface area contributed by atoms with Gasteiger partial charge in [0.25, 0.3) is 0 Å². The highest BCUT2D eigenvalue weighted by atomic mass is 32.1. The van der Waals surface area contributed by atoms with Gasteiger partial charge in [-0.05, 0) is 43.2 Å². The van der Waals surface area contributed by atoms with Gasteiger partial charge in [0.05, 0.1) is 26.5 Å². The third-order valence-corrected chi connectivity index (χ3v) is 5.56. The molecule has 0 bridgehead atoms. The van der Waals surface area contributed by atoms with E-state index < -0.39 is 0 Å². The SMILES string of the molecule is COc1ccc(OC)c(C2CCCN2C(=O)Nc2nc(-c3ccco3)cs2)c1. The number of nitrogens with zero attached hydrogens (tertiary/aromatic N) is 2. The molecule has 2 aromatic heterocycles. The lowest BCUT2D eigenvalue weighted by molar-refractivity contribution is 0.206. The molecule has 1 saturated heterocycles. The number of hydrogen-bond donors (Lipinski definition) is 1. The molecule has 1 aromatic carbocycles. The summed E-state index contributed by atoms with van der Waals surface area (Å²) in [5.41, 5.74) is 1.66. The van der Waals surface area contributed by atoms with Crippen LogP contribution < -0.4 is 14.8 Å². The zero-order chi connectivity index (χ0) is 19.5. The molecular formula is C20H21N3O4S. The van der Waals surface area contributed by atoms with Gasteiger partial charge in [0.15, 0.2) is 10.9 Å². The number of carbonyl (C=O) groups is 1. The predicted molar refractivity (Wildman–Crippen MR) is 107 cm³/mol. The summed E-state index contributed by atoms with van der Waals surface area (Å²) < 4.78 is 16.2. The third kappa shape index (κ3) is 3.55. The standard InChI is InChI=1S/C20H21N3O4S/c1-25-13-7-8-17(26-2)14(11-13)16-5-3-9-23(16)20(24)22-19-21-15(12-28-19)18-6-4-10-27-18/h4,6-8,10-12,16H,3,5,9H2,1-2H3,(H,21,22,24). The Kier molecular flexibility index (Phi) is 5.21. The molecule has 0 radical (unpaired) electrons. The Morgan fingerprint density at radius 1 is 1.32 bits per heavy atom. The molecule has 8 heteroatoms. The fraction of sp³-hybridized carbons (Fsp3) is 0.300. The summed E-state index contributed by atoms with van der Waals surface area (Å²) in [7, 11) is 3.26. The zero-order valence-corrected chi connectivity index (χ0v) is 16.5. The number of nitrogens with one attached hydrogen (secondary N) is 1. The van der Waals surface area contributed by atoms with E-state index in [1.807, 2.05) is 40.6 Å². The molecule has 0 saturated carbocycles. The number of likely N-dealkylation sites (tertiary alicyclic amines) is 1. The number of amides is 2. The molecular weight excluding hydrogens is 378 g/mol. The van der Waals surface area contributed by atoms with Crippen LogP contribution in [0.2, 0.25) is 0 Å². The summed E-state index contributed by atoms with van der Waals surface area (Å²) in [5.74, 6) is 2.17. The average molecular weight is 399 g/mol. The van der Waals surface area contributed by atoms with Gasteiger partial charge < -0.3 is 18.8 Å². The van der Waals surface area contributed by atoms with E-state index in [4.69, 9.17) is 13.9 Å². The van der Waals surface area contributed by atoms with Gasteiger partial charge in [0.2, 0.25) is 0 Å². The number of hydrogen-bond acceptors (Lipinski definition) is 6. The van der Waals surface area contributed by atoms with Gasteiger partial charge in [-0.1, -0.05) is 0 Å². The van der Waals surface area contributed by atoms with Gasteiger partial charge in [-0.2, -0.15) is 0 Å². The molecule has 28 heavy (non-hydrogen) atoms. The summed E-state index contributed by atoms with van der Waals surface area (Å²) in [5, 5.41) is 5.32. The lowest BCUT2D eigenvalue weighted by Gasteiger charge is -2.26. The van der Waals surface area contributed by atoms with Crippen LogP contribution in [0.5, 0.6) is 11.5 Å². The Bertz CT molecular complexity index is 954. The number of aromatic nitrogens is 1. The zero-order valence-electron chi connectivity index (χ0n) is 15.7. The maximum Gasteiger partial charge on any atom is 0.324 e. The molecule has 1 aliphatic rings. The Balaban J connectivity index is 1.53. The molecule has 146 valence electrons. The second kappa shape index (κ2) is 7.93. The van der Waals surface area contributed by atoms with E-state index in [1.165, 1.54) is 11.3 Å². The molecule has 0 spiro atoms.